The third kappa shape index (κ3) is 4.65. The van der Waals surface area contributed by atoms with Crippen LogP contribution in [0.5, 0.6) is 5.75 Å². The number of carboxylic acids is 1. The number of carbonyl (C=O) groups excluding carboxylic acids is 1. The predicted molar refractivity (Wildman–Crippen MR) is 59.9 cm³/mol. The van der Waals surface area contributed by atoms with Gasteiger partial charge in [-0.25, -0.2) is 15.0 Å². The van der Waals surface area contributed by atoms with Crippen molar-refractivity contribution in [2.24, 2.45) is 10.8 Å². The Bertz CT molecular complexity index is 445. The Kier molecular flexibility index (Phi) is 4.49. The summed E-state index contributed by atoms with van der Waals surface area (Å²) in [7, 11) is 0. The minimum Gasteiger partial charge on any atom is -0.481 e. The molecule has 4 N–H and O–H groups in total. The largest absolute Gasteiger partial charge is 0.481 e. The van der Waals surface area contributed by atoms with Gasteiger partial charge in [-0.1, -0.05) is 12.1 Å². The number of aliphatic carboxylic acids is 1. The molecule has 0 radical (unpaired) electrons. The lowest BCUT2D eigenvalue weighted by Crippen LogP contribution is -2.24. The Morgan fingerprint density at radius 1 is 1.47 bits per heavy atom. The number of carbonyl (C=O) groups is 2. The summed E-state index contributed by atoms with van der Waals surface area (Å²) in [6.07, 6.45) is 1.31. The van der Waals surface area contributed by atoms with Crippen molar-refractivity contribution in [2.75, 3.05) is 6.61 Å². The molecule has 0 atom stereocenters. The molecule has 17 heavy (non-hydrogen) atoms. The van der Waals surface area contributed by atoms with E-state index in [1.165, 1.54) is 6.21 Å². The number of benzene rings is 1. The Morgan fingerprint density at radius 2 is 2.18 bits per heavy atom. The van der Waals surface area contributed by atoms with Gasteiger partial charge in [0.25, 0.3) is 0 Å². The average molecular weight is 237 g/mol. The molecule has 0 aliphatic rings. The van der Waals surface area contributed by atoms with Gasteiger partial charge in [0, 0.05) is 5.56 Å². The number of primary amides is 1. The Hall–Kier alpha value is -2.57. The van der Waals surface area contributed by atoms with Crippen LogP contribution in [0.15, 0.2) is 29.4 Å². The van der Waals surface area contributed by atoms with Crippen LogP contribution in [0.1, 0.15) is 5.56 Å². The van der Waals surface area contributed by atoms with Gasteiger partial charge in [0.05, 0.1) is 6.21 Å². The first-order chi connectivity index (χ1) is 8.09. The number of urea groups is 1. The second kappa shape index (κ2) is 6.11. The van der Waals surface area contributed by atoms with E-state index in [0.717, 1.165) is 0 Å². The molecule has 7 heteroatoms. The van der Waals surface area contributed by atoms with Crippen LogP contribution in [0, 0.1) is 0 Å². The third-order valence-electron chi connectivity index (χ3n) is 1.65. The summed E-state index contributed by atoms with van der Waals surface area (Å²) in [6, 6.07) is 5.87. The number of rotatable bonds is 5. The Morgan fingerprint density at radius 3 is 2.82 bits per heavy atom. The monoisotopic (exact) mass is 237 g/mol. The van der Waals surface area contributed by atoms with E-state index in [4.69, 9.17) is 15.6 Å². The van der Waals surface area contributed by atoms with Crippen molar-refractivity contribution in [3.05, 3.63) is 29.8 Å². The van der Waals surface area contributed by atoms with Crippen molar-refractivity contribution >= 4 is 18.2 Å². The zero-order valence-corrected chi connectivity index (χ0v) is 8.79. The second-order valence-corrected chi connectivity index (χ2v) is 2.95. The maximum Gasteiger partial charge on any atom is 0.341 e. The Labute approximate surface area is 96.9 Å². The smallest absolute Gasteiger partial charge is 0.341 e. The van der Waals surface area contributed by atoms with Gasteiger partial charge in [0.1, 0.15) is 5.75 Å². The van der Waals surface area contributed by atoms with E-state index >= 15 is 0 Å². The van der Waals surface area contributed by atoms with Crippen LogP contribution >= 0.6 is 0 Å². The number of ether oxygens (including phenoxy) is 1. The fourth-order valence-electron chi connectivity index (χ4n) is 1.02. The van der Waals surface area contributed by atoms with E-state index in [1.807, 2.05) is 5.43 Å². The first kappa shape index (κ1) is 12.5. The van der Waals surface area contributed by atoms with Gasteiger partial charge < -0.3 is 15.6 Å². The molecule has 0 bridgehead atoms. The van der Waals surface area contributed by atoms with Gasteiger partial charge in [-0.15, -0.1) is 0 Å². The van der Waals surface area contributed by atoms with Crippen LogP contribution in [0.4, 0.5) is 4.79 Å². The number of nitrogens with zero attached hydrogens (tertiary/aromatic N) is 1. The number of hydrogen-bond donors (Lipinski definition) is 3. The molecule has 2 amide bonds. The van der Waals surface area contributed by atoms with Crippen LogP contribution < -0.4 is 15.9 Å². The molecule has 0 spiro atoms. The standard InChI is InChI=1S/C10H11N3O4/c11-10(16)13-12-5-7-3-1-2-4-8(7)17-6-9(14)15/h1-5H,6H2,(H,14,15)(H3,11,13,16)/b12-5+. The third-order valence-corrected chi connectivity index (χ3v) is 1.65. The van der Waals surface area contributed by atoms with Gasteiger partial charge >= 0.3 is 12.0 Å². The lowest BCUT2D eigenvalue weighted by atomic mass is 10.2. The summed E-state index contributed by atoms with van der Waals surface area (Å²) in [6.45, 7) is -0.450. The van der Waals surface area contributed by atoms with E-state index in [0.29, 0.717) is 11.3 Å². The zero-order valence-electron chi connectivity index (χ0n) is 8.79. The molecule has 0 fully saturated rings. The summed E-state index contributed by atoms with van der Waals surface area (Å²) in [5.74, 6) is -0.725. The summed E-state index contributed by atoms with van der Waals surface area (Å²) < 4.78 is 5.02. The molecule has 1 aromatic carbocycles. The summed E-state index contributed by atoms with van der Waals surface area (Å²) in [5.41, 5.74) is 7.37. The highest BCUT2D eigenvalue weighted by molar-refractivity contribution is 5.84. The molecule has 7 nitrogen and oxygen atoms in total. The molecule has 0 saturated carbocycles. The highest BCUT2D eigenvalue weighted by Gasteiger charge is 2.03. The highest BCUT2D eigenvalue weighted by atomic mass is 16.5. The molecule has 0 aliphatic carbocycles. The molecule has 0 unspecified atom stereocenters. The number of nitrogens with one attached hydrogen (secondary N) is 1. The summed E-state index contributed by atoms with van der Waals surface area (Å²) >= 11 is 0. The van der Waals surface area contributed by atoms with Gasteiger partial charge in [-0.3, -0.25) is 0 Å². The van der Waals surface area contributed by atoms with Crippen molar-refractivity contribution in [1.29, 1.82) is 0 Å². The molecular weight excluding hydrogens is 226 g/mol. The maximum atomic E-state index is 10.4. The van der Waals surface area contributed by atoms with Crippen LogP contribution in [0.25, 0.3) is 0 Å². The quantitative estimate of drug-likeness (QED) is 0.499. The van der Waals surface area contributed by atoms with Gasteiger partial charge in [-0.05, 0) is 12.1 Å². The van der Waals surface area contributed by atoms with Crippen LogP contribution in [-0.2, 0) is 4.79 Å². The number of nitrogens with two attached hydrogens (primary N) is 1. The van der Waals surface area contributed by atoms with E-state index in [1.54, 1.807) is 24.3 Å². The number of hydrazone groups is 1. The van der Waals surface area contributed by atoms with Gasteiger partial charge in [-0.2, -0.15) is 5.10 Å². The summed E-state index contributed by atoms with van der Waals surface area (Å²) in [4.78, 5) is 20.7. The number of para-hydroxylation sites is 1. The predicted octanol–water partition coefficient (Wildman–Crippen LogP) is 0.152. The number of carboxylic acid groups (broad SMARTS) is 1. The molecule has 1 rings (SSSR count). The normalized spacial score (nSPS) is 10.1. The van der Waals surface area contributed by atoms with E-state index in [2.05, 4.69) is 5.10 Å². The Balaban J connectivity index is 2.73. The summed E-state index contributed by atoms with van der Waals surface area (Å²) in [5, 5.41) is 12.0. The maximum absolute atomic E-state index is 10.4. The molecule has 90 valence electrons. The van der Waals surface area contributed by atoms with Crippen molar-refractivity contribution in [3.8, 4) is 5.75 Å². The van der Waals surface area contributed by atoms with E-state index < -0.39 is 18.6 Å². The lowest BCUT2D eigenvalue weighted by molar-refractivity contribution is -0.139. The first-order valence-corrected chi connectivity index (χ1v) is 4.61. The topological polar surface area (TPSA) is 114 Å². The van der Waals surface area contributed by atoms with Crippen LogP contribution in [0.2, 0.25) is 0 Å². The fraction of sp³-hybridized carbons (Fsp3) is 0.100. The van der Waals surface area contributed by atoms with Crippen LogP contribution in [-0.4, -0.2) is 29.9 Å². The van der Waals surface area contributed by atoms with Crippen molar-refractivity contribution in [2.45, 2.75) is 0 Å². The molecule has 0 aliphatic heterocycles. The molecule has 0 heterocycles. The van der Waals surface area contributed by atoms with E-state index in [9.17, 15) is 9.59 Å². The van der Waals surface area contributed by atoms with Gasteiger partial charge in [0.2, 0.25) is 0 Å². The molecule has 0 saturated heterocycles. The minimum atomic E-state index is -1.08. The van der Waals surface area contributed by atoms with Crippen LogP contribution in [0.3, 0.4) is 0 Å². The molecular formula is C10H11N3O4. The lowest BCUT2D eigenvalue weighted by Gasteiger charge is -2.05. The fourth-order valence-corrected chi connectivity index (χ4v) is 1.02. The van der Waals surface area contributed by atoms with Crippen molar-refractivity contribution in [3.63, 3.8) is 0 Å². The second-order valence-electron chi connectivity index (χ2n) is 2.95. The van der Waals surface area contributed by atoms with Crippen molar-refractivity contribution in [1.82, 2.24) is 5.43 Å². The number of hydrogen-bond acceptors (Lipinski definition) is 4. The number of amides is 2. The SMILES string of the molecule is NC(=O)N/N=C/c1ccccc1OCC(=O)O. The zero-order chi connectivity index (χ0) is 12.7. The van der Waals surface area contributed by atoms with Gasteiger partial charge in [0.15, 0.2) is 6.61 Å². The molecule has 1 aromatic rings. The highest BCUT2D eigenvalue weighted by Crippen LogP contribution is 2.15. The first-order valence-electron chi connectivity index (χ1n) is 4.61. The van der Waals surface area contributed by atoms with E-state index in [-0.39, 0.29) is 0 Å². The molecule has 0 aromatic heterocycles. The van der Waals surface area contributed by atoms with Crippen molar-refractivity contribution < 1.29 is 19.4 Å². The minimum absolute atomic E-state index is 0.352. The average Bonchev–Trinajstić information content (AvgIpc) is 2.27.